The Morgan fingerprint density at radius 1 is 1.15 bits per heavy atom. The number of aliphatic carboxylic acids is 1. The predicted octanol–water partition coefficient (Wildman–Crippen LogP) is 2.82. The monoisotopic (exact) mass is 275 g/mol. The summed E-state index contributed by atoms with van der Waals surface area (Å²) in [6.07, 6.45) is 5.02. The van der Waals surface area contributed by atoms with Crippen LogP contribution in [-0.4, -0.2) is 17.0 Å². The Kier molecular flexibility index (Phi) is 4.77. The Labute approximate surface area is 119 Å². The van der Waals surface area contributed by atoms with Gasteiger partial charge in [0.15, 0.2) is 6.04 Å². The number of hydrogen-bond donors (Lipinski definition) is 2. The van der Waals surface area contributed by atoms with Crippen molar-refractivity contribution >= 4 is 11.9 Å². The number of aryl methyl sites for hydroxylation is 1. The van der Waals surface area contributed by atoms with Crippen LogP contribution in [0.1, 0.15) is 49.3 Å². The summed E-state index contributed by atoms with van der Waals surface area (Å²) in [7, 11) is 0. The molecule has 2 N–H and O–H groups in total. The Morgan fingerprint density at radius 3 is 2.30 bits per heavy atom. The normalized spacial score (nSPS) is 17.4. The zero-order valence-corrected chi connectivity index (χ0v) is 11.8. The van der Waals surface area contributed by atoms with Gasteiger partial charge in [-0.1, -0.05) is 49.1 Å². The molecule has 1 atom stereocenters. The molecular formula is C16H21NO3. The smallest absolute Gasteiger partial charge is 0.330 e. The first-order valence-corrected chi connectivity index (χ1v) is 7.17. The van der Waals surface area contributed by atoms with Gasteiger partial charge in [0.2, 0.25) is 5.91 Å². The van der Waals surface area contributed by atoms with Gasteiger partial charge in [-0.15, -0.1) is 0 Å². The third-order valence-electron chi connectivity index (χ3n) is 3.92. The van der Waals surface area contributed by atoms with Crippen LogP contribution in [0, 0.1) is 12.8 Å². The zero-order chi connectivity index (χ0) is 14.5. The second kappa shape index (κ2) is 6.55. The lowest BCUT2D eigenvalue weighted by atomic mass is 9.88. The molecule has 0 aromatic heterocycles. The molecule has 1 aliphatic carbocycles. The summed E-state index contributed by atoms with van der Waals surface area (Å²) in [5.41, 5.74) is 1.68. The van der Waals surface area contributed by atoms with Gasteiger partial charge in [-0.2, -0.15) is 0 Å². The van der Waals surface area contributed by atoms with Crippen LogP contribution in [0.2, 0.25) is 0 Å². The fourth-order valence-electron chi connectivity index (χ4n) is 2.67. The van der Waals surface area contributed by atoms with E-state index in [4.69, 9.17) is 0 Å². The van der Waals surface area contributed by atoms with E-state index >= 15 is 0 Å². The second-order valence-electron chi connectivity index (χ2n) is 5.53. The maximum absolute atomic E-state index is 12.2. The average molecular weight is 275 g/mol. The Balaban J connectivity index is 2.07. The van der Waals surface area contributed by atoms with Crippen LogP contribution < -0.4 is 5.32 Å². The summed E-state index contributed by atoms with van der Waals surface area (Å²) in [6, 6.07) is 6.28. The quantitative estimate of drug-likeness (QED) is 0.888. The summed E-state index contributed by atoms with van der Waals surface area (Å²) in [5, 5.41) is 12.0. The molecule has 0 saturated heterocycles. The van der Waals surface area contributed by atoms with Crippen molar-refractivity contribution in [3.8, 4) is 0 Å². The lowest BCUT2D eigenvalue weighted by Gasteiger charge is -2.23. The van der Waals surface area contributed by atoms with E-state index in [-0.39, 0.29) is 11.8 Å². The highest BCUT2D eigenvalue weighted by Crippen LogP contribution is 2.25. The first-order chi connectivity index (χ1) is 9.58. The SMILES string of the molecule is Cc1ccc(C(NC(=O)C2CCCCC2)C(=O)O)cc1. The first-order valence-electron chi connectivity index (χ1n) is 7.17. The van der Waals surface area contributed by atoms with Crippen LogP contribution >= 0.6 is 0 Å². The van der Waals surface area contributed by atoms with Crippen LogP contribution in [0.4, 0.5) is 0 Å². The van der Waals surface area contributed by atoms with E-state index < -0.39 is 12.0 Å². The van der Waals surface area contributed by atoms with E-state index in [1.54, 1.807) is 12.1 Å². The average Bonchev–Trinajstić information content (AvgIpc) is 2.46. The number of carbonyl (C=O) groups excluding carboxylic acids is 1. The van der Waals surface area contributed by atoms with Crippen molar-refractivity contribution in [1.29, 1.82) is 0 Å². The molecule has 4 nitrogen and oxygen atoms in total. The van der Waals surface area contributed by atoms with Gasteiger partial charge in [-0.05, 0) is 25.3 Å². The van der Waals surface area contributed by atoms with Gasteiger partial charge in [0.1, 0.15) is 0 Å². The molecule has 0 radical (unpaired) electrons. The number of nitrogens with one attached hydrogen (secondary N) is 1. The van der Waals surface area contributed by atoms with E-state index in [1.165, 1.54) is 6.42 Å². The molecule has 20 heavy (non-hydrogen) atoms. The van der Waals surface area contributed by atoms with Gasteiger partial charge >= 0.3 is 5.97 Å². The minimum atomic E-state index is -1.02. The molecule has 1 aliphatic rings. The van der Waals surface area contributed by atoms with Gasteiger partial charge in [0.25, 0.3) is 0 Å². The van der Waals surface area contributed by atoms with Crippen LogP contribution in [0.3, 0.4) is 0 Å². The van der Waals surface area contributed by atoms with Crippen LogP contribution in [0.25, 0.3) is 0 Å². The number of amides is 1. The Morgan fingerprint density at radius 2 is 1.75 bits per heavy atom. The third-order valence-corrected chi connectivity index (χ3v) is 3.92. The zero-order valence-electron chi connectivity index (χ0n) is 11.8. The molecule has 1 fully saturated rings. The molecular weight excluding hydrogens is 254 g/mol. The van der Waals surface area contributed by atoms with Crippen LogP contribution in [-0.2, 0) is 9.59 Å². The molecule has 2 rings (SSSR count). The lowest BCUT2D eigenvalue weighted by Crippen LogP contribution is -2.38. The molecule has 1 unspecified atom stereocenters. The van der Waals surface area contributed by atoms with Gasteiger partial charge in [0.05, 0.1) is 0 Å². The van der Waals surface area contributed by atoms with E-state index in [2.05, 4.69) is 5.32 Å². The fourth-order valence-corrected chi connectivity index (χ4v) is 2.67. The molecule has 1 saturated carbocycles. The Hall–Kier alpha value is -1.84. The molecule has 108 valence electrons. The molecule has 1 aromatic rings. The number of hydrogen-bond acceptors (Lipinski definition) is 2. The summed E-state index contributed by atoms with van der Waals surface area (Å²) in [6.45, 7) is 1.94. The molecule has 1 aromatic carbocycles. The standard InChI is InChI=1S/C16H21NO3/c1-11-7-9-12(10-8-11)14(16(19)20)17-15(18)13-5-3-2-4-6-13/h7-10,13-14H,2-6H2,1H3,(H,17,18)(H,19,20). The summed E-state index contributed by atoms with van der Waals surface area (Å²) in [5.74, 6) is -1.17. The summed E-state index contributed by atoms with van der Waals surface area (Å²) in [4.78, 5) is 23.6. The Bertz CT molecular complexity index is 475. The fraction of sp³-hybridized carbons (Fsp3) is 0.500. The highest BCUT2D eigenvalue weighted by Gasteiger charge is 2.27. The number of carbonyl (C=O) groups is 2. The number of carboxylic acid groups (broad SMARTS) is 1. The van der Waals surface area contributed by atoms with Crippen LogP contribution in [0.15, 0.2) is 24.3 Å². The van der Waals surface area contributed by atoms with Crippen molar-refractivity contribution in [3.05, 3.63) is 35.4 Å². The minimum Gasteiger partial charge on any atom is -0.479 e. The topological polar surface area (TPSA) is 66.4 Å². The molecule has 1 amide bonds. The van der Waals surface area contributed by atoms with Crippen molar-refractivity contribution < 1.29 is 14.7 Å². The number of benzene rings is 1. The van der Waals surface area contributed by atoms with E-state index in [0.29, 0.717) is 5.56 Å². The van der Waals surface area contributed by atoms with Crippen molar-refractivity contribution in [3.63, 3.8) is 0 Å². The maximum atomic E-state index is 12.2. The van der Waals surface area contributed by atoms with Crippen molar-refractivity contribution in [2.75, 3.05) is 0 Å². The van der Waals surface area contributed by atoms with Gasteiger partial charge in [-0.25, -0.2) is 4.79 Å². The first kappa shape index (κ1) is 14.6. The van der Waals surface area contributed by atoms with E-state index in [1.807, 2.05) is 19.1 Å². The molecule has 0 heterocycles. The maximum Gasteiger partial charge on any atom is 0.330 e. The van der Waals surface area contributed by atoms with Crippen molar-refractivity contribution in [2.45, 2.75) is 45.1 Å². The van der Waals surface area contributed by atoms with E-state index in [9.17, 15) is 14.7 Å². The van der Waals surface area contributed by atoms with Gasteiger partial charge < -0.3 is 10.4 Å². The number of carboxylic acids is 1. The highest BCUT2D eigenvalue weighted by atomic mass is 16.4. The van der Waals surface area contributed by atoms with Crippen molar-refractivity contribution in [2.24, 2.45) is 5.92 Å². The molecule has 0 aliphatic heterocycles. The van der Waals surface area contributed by atoms with Gasteiger partial charge in [-0.3, -0.25) is 4.79 Å². The van der Waals surface area contributed by atoms with E-state index in [0.717, 1.165) is 31.2 Å². The largest absolute Gasteiger partial charge is 0.479 e. The molecule has 0 bridgehead atoms. The van der Waals surface area contributed by atoms with Gasteiger partial charge in [0, 0.05) is 5.92 Å². The summed E-state index contributed by atoms with van der Waals surface area (Å²) < 4.78 is 0. The molecule has 0 spiro atoms. The van der Waals surface area contributed by atoms with Crippen molar-refractivity contribution in [1.82, 2.24) is 5.32 Å². The number of rotatable bonds is 4. The van der Waals surface area contributed by atoms with Crippen LogP contribution in [0.5, 0.6) is 0 Å². The third kappa shape index (κ3) is 3.59. The predicted molar refractivity (Wildman–Crippen MR) is 76.3 cm³/mol. The molecule has 4 heteroatoms. The summed E-state index contributed by atoms with van der Waals surface area (Å²) >= 11 is 0. The lowest BCUT2D eigenvalue weighted by molar-refractivity contribution is -0.142. The highest BCUT2D eigenvalue weighted by molar-refractivity contribution is 5.85. The minimum absolute atomic E-state index is 0.0314. The second-order valence-corrected chi connectivity index (χ2v) is 5.53.